The Morgan fingerprint density at radius 3 is 2.79 bits per heavy atom. The summed E-state index contributed by atoms with van der Waals surface area (Å²) in [6.07, 6.45) is 0.716. The van der Waals surface area contributed by atoms with Gasteiger partial charge in [0.05, 0.1) is 24.2 Å². The van der Waals surface area contributed by atoms with Crippen molar-refractivity contribution in [2.24, 2.45) is 0 Å². The van der Waals surface area contributed by atoms with Gasteiger partial charge in [0.1, 0.15) is 11.3 Å². The minimum atomic E-state index is -3.12. The molecule has 2 aromatic rings. The highest BCUT2D eigenvalue weighted by Crippen LogP contribution is 2.25. The first-order chi connectivity index (χ1) is 13.2. The lowest BCUT2D eigenvalue weighted by Gasteiger charge is -2.29. The first-order valence-electron chi connectivity index (χ1n) is 9.09. The molecular formula is C19H23NO7S. The molecule has 1 aliphatic heterocycles. The van der Waals surface area contributed by atoms with E-state index in [-0.39, 0.29) is 29.7 Å². The second-order valence-electron chi connectivity index (χ2n) is 6.93. The number of ether oxygens (including phenoxy) is 1. The Kier molecular flexibility index (Phi) is 5.64. The van der Waals surface area contributed by atoms with Crippen molar-refractivity contribution in [3.05, 3.63) is 30.0 Å². The Bertz CT molecular complexity index is 995. The second-order valence-corrected chi connectivity index (χ2v) is 9.16. The molecule has 3 rings (SSSR count). The maximum atomic E-state index is 12.7. The fraction of sp³-hybridized carbons (Fsp3) is 0.474. The molecule has 0 spiro atoms. The highest BCUT2D eigenvalue weighted by atomic mass is 32.2. The SMILES string of the molecule is CCN(C(=O)[C@@H](C)OC(=O)Cc1coc2cc(O)ccc12)[C@H]1CCS(=O)(=O)C1. The van der Waals surface area contributed by atoms with E-state index in [1.807, 2.05) is 0 Å². The standard InChI is InChI=1S/C19H23NO7S/c1-3-20(14-6-7-28(24,25)11-14)19(23)12(2)27-18(22)8-13-10-26-17-9-15(21)4-5-16(13)17/h4-5,9-10,12,14,21H,3,6-8,11H2,1-2H3/t12-,14+/m1/s1. The minimum Gasteiger partial charge on any atom is -0.508 e. The summed E-state index contributed by atoms with van der Waals surface area (Å²) in [4.78, 5) is 26.4. The number of sulfone groups is 1. The number of phenols is 1. The Morgan fingerprint density at radius 1 is 1.39 bits per heavy atom. The quantitative estimate of drug-likeness (QED) is 0.722. The average Bonchev–Trinajstić information content (AvgIpc) is 3.18. The predicted molar refractivity (Wildman–Crippen MR) is 102 cm³/mol. The summed E-state index contributed by atoms with van der Waals surface area (Å²) in [5.74, 6) is -0.921. The van der Waals surface area contributed by atoms with Crippen molar-refractivity contribution in [1.82, 2.24) is 4.90 Å². The van der Waals surface area contributed by atoms with E-state index in [0.717, 1.165) is 0 Å². The molecule has 1 saturated heterocycles. The Labute approximate surface area is 163 Å². The number of carbonyl (C=O) groups is 2. The van der Waals surface area contributed by atoms with Crippen LogP contribution in [0.3, 0.4) is 0 Å². The summed E-state index contributed by atoms with van der Waals surface area (Å²) in [6.45, 7) is 3.60. The number of furan rings is 1. The molecule has 2 atom stereocenters. The number of aromatic hydroxyl groups is 1. The topological polar surface area (TPSA) is 114 Å². The van der Waals surface area contributed by atoms with Crippen LogP contribution >= 0.6 is 0 Å². The van der Waals surface area contributed by atoms with E-state index < -0.39 is 27.8 Å². The normalized spacial score (nSPS) is 19.4. The largest absolute Gasteiger partial charge is 0.508 e. The molecule has 2 heterocycles. The number of carbonyl (C=O) groups excluding carboxylic acids is 2. The van der Waals surface area contributed by atoms with Crippen molar-refractivity contribution >= 4 is 32.7 Å². The highest BCUT2D eigenvalue weighted by Gasteiger charge is 2.36. The first-order valence-corrected chi connectivity index (χ1v) is 10.9. The summed E-state index contributed by atoms with van der Waals surface area (Å²) < 4.78 is 34.0. The molecule has 1 aromatic carbocycles. The fourth-order valence-electron chi connectivity index (χ4n) is 3.50. The highest BCUT2D eigenvalue weighted by molar-refractivity contribution is 7.91. The number of nitrogens with zero attached hydrogens (tertiary/aromatic N) is 1. The molecule has 152 valence electrons. The van der Waals surface area contributed by atoms with E-state index in [4.69, 9.17) is 9.15 Å². The van der Waals surface area contributed by atoms with Gasteiger partial charge in [-0.05, 0) is 32.4 Å². The van der Waals surface area contributed by atoms with Crippen LogP contribution in [0.2, 0.25) is 0 Å². The van der Waals surface area contributed by atoms with Crippen molar-refractivity contribution < 1.29 is 32.3 Å². The number of amides is 1. The number of fused-ring (bicyclic) bond motifs is 1. The number of hydrogen-bond acceptors (Lipinski definition) is 7. The summed E-state index contributed by atoms with van der Waals surface area (Å²) in [5, 5.41) is 10.1. The maximum Gasteiger partial charge on any atom is 0.311 e. The maximum absolute atomic E-state index is 12.7. The van der Waals surface area contributed by atoms with Gasteiger partial charge in [-0.25, -0.2) is 8.42 Å². The van der Waals surface area contributed by atoms with Gasteiger partial charge < -0.3 is 19.2 Å². The van der Waals surface area contributed by atoms with Gasteiger partial charge in [0.25, 0.3) is 5.91 Å². The lowest BCUT2D eigenvalue weighted by molar-refractivity contribution is -0.159. The molecule has 1 aromatic heterocycles. The molecule has 0 aliphatic carbocycles. The van der Waals surface area contributed by atoms with Crippen LogP contribution in [-0.2, 0) is 30.6 Å². The van der Waals surface area contributed by atoms with Crippen LogP contribution in [0.25, 0.3) is 11.0 Å². The third-order valence-electron chi connectivity index (χ3n) is 4.90. The van der Waals surface area contributed by atoms with Crippen LogP contribution in [0, 0.1) is 0 Å². The summed E-state index contributed by atoms with van der Waals surface area (Å²) in [7, 11) is -3.12. The van der Waals surface area contributed by atoms with E-state index in [2.05, 4.69) is 0 Å². The number of esters is 1. The summed E-state index contributed by atoms with van der Waals surface area (Å²) in [6, 6.07) is 4.21. The Hall–Kier alpha value is -2.55. The van der Waals surface area contributed by atoms with Crippen molar-refractivity contribution in [1.29, 1.82) is 0 Å². The third-order valence-corrected chi connectivity index (χ3v) is 6.65. The van der Waals surface area contributed by atoms with Crippen LogP contribution < -0.4 is 0 Å². The smallest absolute Gasteiger partial charge is 0.311 e. The van der Waals surface area contributed by atoms with E-state index in [1.165, 1.54) is 30.2 Å². The van der Waals surface area contributed by atoms with E-state index in [1.54, 1.807) is 13.0 Å². The van der Waals surface area contributed by atoms with Gasteiger partial charge in [0, 0.05) is 29.6 Å². The fourth-order valence-corrected chi connectivity index (χ4v) is 5.23. The molecule has 1 N–H and O–H groups in total. The molecular weight excluding hydrogens is 386 g/mol. The Morgan fingerprint density at radius 2 is 2.14 bits per heavy atom. The molecule has 0 bridgehead atoms. The van der Waals surface area contributed by atoms with Gasteiger partial charge in [0.2, 0.25) is 0 Å². The number of benzene rings is 1. The molecule has 0 unspecified atom stereocenters. The van der Waals surface area contributed by atoms with Crippen molar-refractivity contribution in [2.45, 2.75) is 38.8 Å². The van der Waals surface area contributed by atoms with Crippen LogP contribution in [0.5, 0.6) is 5.75 Å². The van der Waals surface area contributed by atoms with Crippen LogP contribution in [0.1, 0.15) is 25.8 Å². The minimum absolute atomic E-state index is 0.0545. The molecule has 0 saturated carbocycles. The van der Waals surface area contributed by atoms with Crippen LogP contribution in [-0.4, -0.2) is 60.5 Å². The molecule has 0 radical (unpaired) electrons. The van der Waals surface area contributed by atoms with Gasteiger partial charge >= 0.3 is 5.97 Å². The number of likely N-dealkylation sites (N-methyl/N-ethyl adjacent to an activating group) is 1. The van der Waals surface area contributed by atoms with E-state index >= 15 is 0 Å². The molecule has 1 aliphatic rings. The monoisotopic (exact) mass is 409 g/mol. The van der Waals surface area contributed by atoms with Crippen molar-refractivity contribution in [2.75, 3.05) is 18.1 Å². The Balaban J connectivity index is 1.63. The molecule has 1 amide bonds. The molecule has 8 nitrogen and oxygen atoms in total. The second kappa shape index (κ2) is 7.83. The van der Waals surface area contributed by atoms with Gasteiger partial charge in [-0.15, -0.1) is 0 Å². The average molecular weight is 409 g/mol. The van der Waals surface area contributed by atoms with Gasteiger partial charge in [-0.3, -0.25) is 9.59 Å². The lowest BCUT2D eigenvalue weighted by atomic mass is 10.1. The zero-order chi connectivity index (χ0) is 20.5. The van der Waals surface area contributed by atoms with Gasteiger partial charge in [0.15, 0.2) is 15.9 Å². The molecule has 28 heavy (non-hydrogen) atoms. The van der Waals surface area contributed by atoms with Gasteiger partial charge in [-0.1, -0.05) is 0 Å². The predicted octanol–water partition coefficient (Wildman–Crippen LogP) is 1.65. The van der Waals surface area contributed by atoms with Crippen LogP contribution in [0.4, 0.5) is 0 Å². The number of phenolic OH excluding ortho intramolecular Hbond substituents is 1. The zero-order valence-corrected chi connectivity index (χ0v) is 16.6. The van der Waals surface area contributed by atoms with Crippen LogP contribution in [0.15, 0.2) is 28.9 Å². The van der Waals surface area contributed by atoms with Crippen molar-refractivity contribution in [3.63, 3.8) is 0 Å². The number of hydrogen-bond donors (Lipinski definition) is 1. The zero-order valence-electron chi connectivity index (χ0n) is 15.8. The van der Waals surface area contributed by atoms with Gasteiger partial charge in [-0.2, -0.15) is 0 Å². The summed E-state index contributed by atoms with van der Waals surface area (Å²) >= 11 is 0. The third kappa shape index (κ3) is 4.30. The number of rotatable bonds is 6. The molecule has 1 fully saturated rings. The summed E-state index contributed by atoms with van der Waals surface area (Å²) in [5.41, 5.74) is 1.04. The lowest BCUT2D eigenvalue weighted by Crippen LogP contribution is -2.46. The van der Waals surface area contributed by atoms with E-state index in [9.17, 15) is 23.1 Å². The van der Waals surface area contributed by atoms with Crippen molar-refractivity contribution in [3.8, 4) is 5.75 Å². The molecule has 9 heteroatoms. The van der Waals surface area contributed by atoms with E-state index in [0.29, 0.717) is 29.5 Å². The first kappa shape index (κ1) is 20.2.